The summed E-state index contributed by atoms with van der Waals surface area (Å²) in [6.45, 7) is 2.30. The molecule has 82 valence electrons. The maximum atomic E-state index is 6.27. The van der Waals surface area contributed by atoms with Crippen molar-refractivity contribution in [3.05, 3.63) is 34.3 Å². The molecule has 2 rings (SSSR count). The second-order valence-corrected chi connectivity index (χ2v) is 5.30. The van der Waals surface area contributed by atoms with Crippen LogP contribution in [0, 0.1) is 5.92 Å². The molecule has 1 aromatic carbocycles. The van der Waals surface area contributed by atoms with Crippen molar-refractivity contribution in [2.75, 3.05) is 20.1 Å². The summed E-state index contributed by atoms with van der Waals surface area (Å²) in [6.07, 6.45) is 1.22. The molecule has 0 aliphatic carbocycles. The molecule has 1 aliphatic heterocycles. The molecule has 0 bridgehead atoms. The van der Waals surface area contributed by atoms with E-state index < -0.39 is 0 Å². The van der Waals surface area contributed by atoms with E-state index in [0.717, 1.165) is 11.0 Å². The summed E-state index contributed by atoms with van der Waals surface area (Å²) >= 11 is 3.44. The summed E-state index contributed by atoms with van der Waals surface area (Å²) in [6, 6.07) is 8.55. The van der Waals surface area contributed by atoms with Crippen molar-refractivity contribution in [2.24, 2.45) is 11.7 Å². The van der Waals surface area contributed by atoms with E-state index in [4.69, 9.17) is 5.73 Å². The highest BCUT2D eigenvalue weighted by Gasteiger charge is 2.25. The summed E-state index contributed by atoms with van der Waals surface area (Å²) in [5.41, 5.74) is 7.52. The lowest BCUT2D eigenvalue weighted by molar-refractivity contribution is 0.372. The highest BCUT2D eigenvalue weighted by Crippen LogP contribution is 2.28. The van der Waals surface area contributed by atoms with Gasteiger partial charge in [0, 0.05) is 17.1 Å². The smallest absolute Gasteiger partial charge is 0.0336 e. The second kappa shape index (κ2) is 4.64. The van der Waals surface area contributed by atoms with Crippen molar-refractivity contribution in [3.8, 4) is 0 Å². The van der Waals surface area contributed by atoms with Crippen molar-refractivity contribution < 1.29 is 0 Å². The zero-order chi connectivity index (χ0) is 10.8. The fraction of sp³-hybridized carbons (Fsp3) is 0.500. The molecule has 0 saturated carbocycles. The van der Waals surface area contributed by atoms with Crippen LogP contribution in [0.3, 0.4) is 0 Å². The Morgan fingerprint density at radius 2 is 2.07 bits per heavy atom. The van der Waals surface area contributed by atoms with Crippen LogP contribution < -0.4 is 5.73 Å². The molecule has 2 nitrogen and oxygen atoms in total. The van der Waals surface area contributed by atoms with Gasteiger partial charge in [0.25, 0.3) is 0 Å². The highest BCUT2D eigenvalue weighted by atomic mass is 79.9. The third-order valence-electron chi connectivity index (χ3n) is 3.19. The third kappa shape index (κ3) is 2.60. The van der Waals surface area contributed by atoms with Crippen molar-refractivity contribution >= 4 is 15.9 Å². The normalized spacial score (nSPS) is 24.3. The lowest BCUT2D eigenvalue weighted by atomic mass is 9.93. The topological polar surface area (TPSA) is 29.3 Å². The van der Waals surface area contributed by atoms with E-state index in [1.165, 1.54) is 18.5 Å². The minimum absolute atomic E-state index is 0.183. The van der Waals surface area contributed by atoms with Crippen LogP contribution in [0.15, 0.2) is 28.7 Å². The van der Waals surface area contributed by atoms with Gasteiger partial charge >= 0.3 is 0 Å². The van der Waals surface area contributed by atoms with E-state index in [2.05, 4.69) is 52.1 Å². The number of hydrogen-bond donors (Lipinski definition) is 1. The van der Waals surface area contributed by atoms with Crippen molar-refractivity contribution in [1.29, 1.82) is 0 Å². The van der Waals surface area contributed by atoms with Gasteiger partial charge in [-0.15, -0.1) is 0 Å². The van der Waals surface area contributed by atoms with Gasteiger partial charge in [-0.05, 0) is 43.6 Å². The Hall–Kier alpha value is -0.380. The molecule has 0 radical (unpaired) electrons. The molecule has 0 amide bonds. The van der Waals surface area contributed by atoms with Crippen LogP contribution in [0.5, 0.6) is 0 Å². The molecule has 1 aliphatic rings. The number of likely N-dealkylation sites (tertiary alicyclic amines) is 1. The van der Waals surface area contributed by atoms with Crippen LogP contribution in [-0.4, -0.2) is 25.0 Å². The van der Waals surface area contributed by atoms with Gasteiger partial charge in [-0.25, -0.2) is 0 Å². The van der Waals surface area contributed by atoms with Crippen molar-refractivity contribution in [3.63, 3.8) is 0 Å². The van der Waals surface area contributed by atoms with Gasteiger partial charge in [-0.3, -0.25) is 0 Å². The molecule has 2 unspecified atom stereocenters. The minimum Gasteiger partial charge on any atom is -0.324 e. The van der Waals surface area contributed by atoms with Crippen molar-refractivity contribution in [1.82, 2.24) is 4.90 Å². The fourth-order valence-corrected chi connectivity index (χ4v) is 2.48. The molecule has 2 atom stereocenters. The number of benzene rings is 1. The third-order valence-corrected chi connectivity index (χ3v) is 3.72. The Bertz CT molecular complexity index is 323. The molecule has 15 heavy (non-hydrogen) atoms. The molecule has 3 heteroatoms. The van der Waals surface area contributed by atoms with E-state index in [0.29, 0.717) is 5.92 Å². The van der Waals surface area contributed by atoms with E-state index in [9.17, 15) is 0 Å². The molecular formula is C12H17BrN2. The maximum Gasteiger partial charge on any atom is 0.0336 e. The monoisotopic (exact) mass is 268 g/mol. The zero-order valence-electron chi connectivity index (χ0n) is 8.99. The lowest BCUT2D eigenvalue weighted by Gasteiger charge is -2.19. The predicted octanol–water partition coefficient (Wildman–Crippen LogP) is 2.40. The first-order valence-corrected chi connectivity index (χ1v) is 6.15. The standard InChI is InChI=1S/C12H17BrN2/c1-15-7-6-10(8-15)12(14)9-2-4-11(13)5-3-9/h2-5,10,12H,6-8,14H2,1H3. The van der Waals surface area contributed by atoms with Gasteiger partial charge in [-0.2, -0.15) is 0 Å². The fourth-order valence-electron chi connectivity index (χ4n) is 2.22. The molecule has 0 aromatic heterocycles. The number of nitrogens with zero attached hydrogens (tertiary/aromatic N) is 1. The predicted molar refractivity (Wildman–Crippen MR) is 66.7 cm³/mol. The zero-order valence-corrected chi connectivity index (χ0v) is 10.6. The number of rotatable bonds is 2. The average molecular weight is 269 g/mol. The van der Waals surface area contributed by atoms with Crippen LogP contribution in [-0.2, 0) is 0 Å². The highest BCUT2D eigenvalue weighted by molar-refractivity contribution is 9.10. The maximum absolute atomic E-state index is 6.27. The van der Waals surface area contributed by atoms with Crippen LogP contribution in [0.1, 0.15) is 18.0 Å². The van der Waals surface area contributed by atoms with E-state index in [-0.39, 0.29) is 6.04 Å². The molecule has 1 saturated heterocycles. The number of nitrogens with two attached hydrogens (primary N) is 1. The van der Waals surface area contributed by atoms with E-state index in [1.54, 1.807) is 0 Å². The van der Waals surface area contributed by atoms with Crippen LogP contribution in [0.2, 0.25) is 0 Å². The van der Waals surface area contributed by atoms with Crippen LogP contribution in [0.4, 0.5) is 0 Å². The van der Waals surface area contributed by atoms with Gasteiger partial charge in [0.2, 0.25) is 0 Å². The minimum atomic E-state index is 0.183. The summed E-state index contributed by atoms with van der Waals surface area (Å²) in [7, 11) is 2.16. The lowest BCUT2D eigenvalue weighted by Crippen LogP contribution is -2.24. The first-order valence-electron chi connectivity index (χ1n) is 5.36. The molecule has 1 heterocycles. The molecule has 1 aromatic rings. The largest absolute Gasteiger partial charge is 0.324 e. The second-order valence-electron chi connectivity index (χ2n) is 4.39. The quantitative estimate of drug-likeness (QED) is 0.893. The van der Waals surface area contributed by atoms with Gasteiger partial charge in [0.1, 0.15) is 0 Å². The van der Waals surface area contributed by atoms with Crippen LogP contribution >= 0.6 is 15.9 Å². The van der Waals surface area contributed by atoms with Gasteiger partial charge in [-0.1, -0.05) is 28.1 Å². The van der Waals surface area contributed by atoms with Gasteiger partial charge < -0.3 is 10.6 Å². The Morgan fingerprint density at radius 3 is 2.60 bits per heavy atom. The molecular weight excluding hydrogens is 252 g/mol. The molecule has 1 fully saturated rings. The van der Waals surface area contributed by atoms with E-state index >= 15 is 0 Å². The van der Waals surface area contributed by atoms with Crippen molar-refractivity contribution in [2.45, 2.75) is 12.5 Å². The SMILES string of the molecule is CN1CCC(C(N)c2ccc(Br)cc2)C1. The average Bonchev–Trinajstić information content (AvgIpc) is 2.65. The summed E-state index contributed by atoms with van der Waals surface area (Å²) in [5.74, 6) is 0.608. The van der Waals surface area contributed by atoms with Gasteiger partial charge in [0.15, 0.2) is 0 Å². The summed E-state index contributed by atoms with van der Waals surface area (Å²) in [4.78, 5) is 2.35. The number of hydrogen-bond acceptors (Lipinski definition) is 2. The van der Waals surface area contributed by atoms with Crippen LogP contribution in [0.25, 0.3) is 0 Å². The first-order chi connectivity index (χ1) is 7.16. The summed E-state index contributed by atoms with van der Waals surface area (Å²) < 4.78 is 1.11. The number of halogens is 1. The molecule has 0 spiro atoms. The first kappa shape index (κ1) is 11.1. The van der Waals surface area contributed by atoms with E-state index in [1.807, 2.05) is 0 Å². The Kier molecular flexibility index (Phi) is 3.44. The molecule has 2 N–H and O–H groups in total. The Labute approximate surface area is 99.6 Å². The van der Waals surface area contributed by atoms with Gasteiger partial charge in [0.05, 0.1) is 0 Å². The summed E-state index contributed by atoms with van der Waals surface area (Å²) in [5, 5.41) is 0. The Balaban J connectivity index is 2.07. The Morgan fingerprint density at radius 1 is 1.40 bits per heavy atom.